The molecule has 0 N–H and O–H groups in total. The van der Waals surface area contributed by atoms with E-state index in [2.05, 4.69) is 0 Å². The van der Waals surface area contributed by atoms with Crippen LogP contribution in [-0.2, 0) is 4.79 Å². The number of thiophene rings is 1. The van der Waals surface area contributed by atoms with Crippen molar-refractivity contribution < 1.29 is 4.79 Å². The van der Waals surface area contributed by atoms with Crippen LogP contribution in [0.4, 0.5) is 0 Å². The maximum atomic E-state index is 11.1. The fraction of sp³-hybridized carbons (Fsp3) is 0. The molecule has 0 amide bonds. The van der Waals surface area contributed by atoms with Crippen molar-refractivity contribution in [1.82, 2.24) is 0 Å². The smallest absolute Gasteiger partial charge is 0.152 e. The van der Waals surface area contributed by atoms with Crippen LogP contribution in [0, 0.1) is 0 Å². The van der Waals surface area contributed by atoms with Crippen LogP contribution in [0.1, 0.15) is 10.4 Å². The molecule has 80 valence electrons. The molecule has 1 aromatic heterocycles. The number of halogens is 1. The van der Waals surface area contributed by atoms with E-state index in [1.54, 1.807) is 0 Å². The average Bonchev–Trinajstić information content (AvgIpc) is 2.85. The number of carbonyl (C=O) groups excluding carboxylic acids is 1. The number of hydrogen-bond donors (Lipinski definition) is 0. The topological polar surface area (TPSA) is 17.1 Å². The van der Waals surface area contributed by atoms with E-state index in [0.717, 1.165) is 16.7 Å². The van der Waals surface area contributed by atoms with Gasteiger partial charge in [0.05, 0.1) is 5.03 Å². The van der Waals surface area contributed by atoms with E-state index in [1.165, 1.54) is 11.3 Å². The maximum absolute atomic E-state index is 11.1. The van der Waals surface area contributed by atoms with Crippen LogP contribution in [0.3, 0.4) is 0 Å². The second-order valence-corrected chi connectivity index (χ2v) is 4.51. The molecule has 0 spiro atoms. The highest BCUT2D eigenvalue weighted by Crippen LogP contribution is 2.30. The fourth-order valence-corrected chi connectivity index (χ4v) is 2.42. The van der Waals surface area contributed by atoms with E-state index in [4.69, 9.17) is 11.6 Å². The zero-order valence-corrected chi connectivity index (χ0v) is 9.96. The van der Waals surface area contributed by atoms with Crippen LogP contribution in [-0.4, -0.2) is 6.29 Å². The zero-order valence-electron chi connectivity index (χ0n) is 8.39. The largest absolute Gasteiger partial charge is 0.298 e. The molecular formula is C13H9ClOS. The van der Waals surface area contributed by atoms with Gasteiger partial charge < -0.3 is 0 Å². The minimum absolute atomic E-state index is 0.510. The molecular weight excluding hydrogens is 240 g/mol. The summed E-state index contributed by atoms with van der Waals surface area (Å²) in [5.74, 6) is 0. The Balaban J connectivity index is 2.51. The summed E-state index contributed by atoms with van der Waals surface area (Å²) in [5.41, 5.74) is 1.38. The fourth-order valence-electron chi connectivity index (χ4n) is 1.40. The Labute approximate surface area is 103 Å². The summed E-state index contributed by atoms with van der Waals surface area (Å²) in [6, 6.07) is 13.2. The number of benzene rings is 1. The van der Waals surface area contributed by atoms with E-state index in [9.17, 15) is 4.79 Å². The molecule has 0 bridgehead atoms. The predicted octanol–water partition coefficient (Wildman–Crippen LogP) is 4.05. The summed E-state index contributed by atoms with van der Waals surface area (Å²) in [7, 11) is 0. The van der Waals surface area contributed by atoms with E-state index in [1.807, 2.05) is 47.8 Å². The third-order valence-corrected chi connectivity index (χ3v) is 3.58. The first-order chi connectivity index (χ1) is 7.83. The van der Waals surface area contributed by atoms with E-state index >= 15 is 0 Å². The first-order valence-corrected chi connectivity index (χ1v) is 6.03. The summed E-state index contributed by atoms with van der Waals surface area (Å²) in [6.45, 7) is 0. The monoisotopic (exact) mass is 248 g/mol. The van der Waals surface area contributed by atoms with Crippen molar-refractivity contribution in [3.05, 3.63) is 58.3 Å². The molecule has 0 saturated carbocycles. The predicted molar refractivity (Wildman–Crippen MR) is 69.5 cm³/mol. The minimum Gasteiger partial charge on any atom is -0.298 e. The van der Waals surface area contributed by atoms with Gasteiger partial charge in [-0.3, -0.25) is 4.79 Å². The van der Waals surface area contributed by atoms with Crippen molar-refractivity contribution in [1.29, 1.82) is 0 Å². The molecule has 0 fully saturated rings. The van der Waals surface area contributed by atoms with Crippen molar-refractivity contribution in [3.63, 3.8) is 0 Å². The van der Waals surface area contributed by atoms with Crippen LogP contribution >= 0.6 is 22.9 Å². The van der Waals surface area contributed by atoms with Crippen LogP contribution in [0.25, 0.3) is 10.6 Å². The lowest BCUT2D eigenvalue weighted by molar-refractivity contribution is -0.103. The van der Waals surface area contributed by atoms with Gasteiger partial charge in [-0.25, -0.2) is 0 Å². The van der Waals surface area contributed by atoms with Crippen molar-refractivity contribution >= 4 is 39.8 Å². The molecule has 0 unspecified atom stereocenters. The Morgan fingerprint density at radius 2 is 1.88 bits per heavy atom. The van der Waals surface area contributed by atoms with Crippen LogP contribution in [0.15, 0.2) is 47.8 Å². The third-order valence-electron chi connectivity index (χ3n) is 2.18. The Morgan fingerprint density at radius 3 is 2.44 bits per heavy atom. The molecule has 0 atom stereocenters. The second-order valence-electron chi connectivity index (χ2n) is 3.19. The van der Waals surface area contributed by atoms with Gasteiger partial charge in [0.25, 0.3) is 0 Å². The third kappa shape index (κ3) is 2.23. The molecule has 16 heavy (non-hydrogen) atoms. The highest BCUT2D eigenvalue weighted by atomic mass is 35.5. The van der Waals surface area contributed by atoms with Crippen molar-refractivity contribution in [2.24, 2.45) is 0 Å². The first-order valence-electron chi connectivity index (χ1n) is 4.77. The Morgan fingerprint density at radius 1 is 1.12 bits per heavy atom. The van der Waals surface area contributed by atoms with E-state index in [-0.39, 0.29) is 0 Å². The molecule has 1 nitrogen and oxygen atoms in total. The van der Waals surface area contributed by atoms with Gasteiger partial charge in [0.2, 0.25) is 0 Å². The summed E-state index contributed by atoms with van der Waals surface area (Å²) in [4.78, 5) is 12.0. The van der Waals surface area contributed by atoms with Gasteiger partial charge >= 0.3 is 0 Å². The average molecular weight is 249 g/mol. The Hall–Kier alpha value is -1.38. The number of allylic oxidation sites excluding steroid dienone is 1. The number of rotatable bonds is 3. The highest BCUT2D eigenvalue weighted by molar-refractivity contribution is 7.12. The molecule has 0 aliphatic rings. The van der Waals surface area contributed by atoms with Gasteiger partial charge in [0.1, 0.15) is 0 Å². The van der Waals surface area contributed by atoms with Gasteiger partial charge in [-0.1, -0.05) is 48.0 Å². The van der Waals surface area contributed by atoms with Crippen molar-refractivity contribution in [2.45, 2.75) is 0 Å². The molecule has 0 saturated heterocycles. The molecule has 1 heterocycles. The normalized spacial score (nSPS) is 12.1. The molecule has 0 aliphatic heterocycles. The van der Waals surface area contributed by atoms with Crippen molar-refractivity contribution in [3.8, 4) is 0 Å². The van der Waals surface area contributed by atoms with Gasteiger partial charge in [0.15, 0.2) is 6.29 Å². The number of hydrogen-bond acceptors (Lipinski definition) is 2. The molecule has 1 aromatic carbocycles. The second kappa shape index (κ2) is 5.10. The van der Waals surface area contributed by atoms with Crippen LogP contribution < -0.4 is 0 Å². The SMILES string of the molecule is O=CC(=C(Cl)c1cccs1)c1ccccc1. The molecule has 2 aromatic rings. The van der Waals surface area contributed by atoms with Gasteiger partial charge in [-0.05, 0) is 17.0 Å². The van der Waals surface area contributed by atoms with E-state index < -0.39 is 0 Å². The van der Waals surface area contributed by atoms with Gasteiger partial charge in [-0.2, -0.15) is 0 Å². The number of carbonyl (C=O) groups is 1. The standard InChI is InChI=1S/C13H9ClOS/c14-13(12-7-4-8-16-12)11(9-15)10-5-2-1-3-6-10/h1-9H. The lowest BCUT2D eigenvalue weighted by Crippen LogP contribution is -1.87. The molecule has 2 rings (SSSR count). The summed E-state index contributed by atoms with van der Waals surface area (Å²) < 4.78 is 0. The van der Waals surface area contributed by atoms with Crippen molar-refractivity contribution in [2.75, 3.05) is 0 Å². The molecule has 0 radical (unpaired) electrons. The summed E-state index contributed by atoms with van der Waals surface area (Å²) in [6.07, 6.45) is 0.803. The summed E-state index contributed by atoms with van der Waals surface area (Å²) >= 11 is 7.73. The lowest BCUT2D eigenvalue weighted by atomic mass is 10.1. The zero-order chi connectivity index (χ0) is 11.4. The quantitative estimate of drug-likeness (QED) is 0.592. The Bertz CT molecular complexity index is 500. The summed E-state index contributed by atoms with van der Waals surface area (Å²) in [5, 5.41) is 2.45. The number of aldehydes is 1. The van der Waals surface area contributed by atoms with E-state index in [0.29, 0.717) is 10.6 Å². The molecule has 0 aliphatic carbocycles. The Kier molecular flexibility index (Phi) is 3.54. The first kappa shape index (κ1) is 11.1. The maximum Gasteiger partial charge on any atom is 0.152 e. The minimum atomic E-state index is 0.510. The van der Waals surface area contributed by atoms with Gasteiger partial charge in [0, 0.05) is 10.5 Å². The van der Waals surface area contributed by atoms with Gasteiger partial charge in [-0.15, -0.1) is 11.3 Å². The highest BCUT2D eigenvalue weighted by Gasteiger charge is 2.09. The molecule has 3 heteroatoms. The van der Waals surface area contributed by atoms with Crippen LogP contribution in [0.2, 0.25) is 0 Å². The van der Waals surface area contributed by atoms with Crippen LogP contribution in [0.5, 0.6) is 0 Å². The lowest BCUT2D eigenvalue weighted by Gasteiger charge is -2.02.